The number of ether oxygens (including phenoxy) is 1. The number of halogens is 3. The monoisotopic (exact) mass is 500 g/mol. The molecule has 2 aromatic rings. The summed E-state index contributed by atoms with van der Waals surface area (Å²) >= 11 is 1.03. The van der Waals surface area contributed by atoms with Gasteiger partial charge in [-0.3, -0.25) is 14.4 Å². The molecular formula is C22H27F3N4O4S. The minimum atomic E-state index is -4.43. The molecule has 0 saturated carbocycles. The molecule has 1 aromatic carbocycles. The Morgan fingerprint density at radius 2 is 1.74 bits per heavy atom. The number of rotatable bonds is 12. The molecule has 0 spiro atoms. The van der Waals surface area contributed by atoms with E-state index < -0.39 is 17.7 Å². The van der Waals surface area contributed by atoms with Crippen LogP contribution >= 0.6 is 11.3 Å². The summed E-state index contributed by atoms with van der Waals surface area (Å²) in [5.41, 5.74) is -0.317. The van der Waals surface area contributed by atoms with Crippen LogP contribution in [0.15, 0.2) is 24.3 Å². The quantitative estimate of drug-likeness (QED) is 0.430. The lowest BCUT2D eigenvalue weighted by Gasteiger charge is -2.22. The summed E-state index contributed by atoms with van der Waals surface area (Å²) in [4.78, 5) is 37.9. The normalized spacial score (nSPS) is 11.2. The van der Waals surface area contributed by atoms with Gasteiger partial charge in [-0.25, -0.2) is 0 Å². The van der Waals surface area contributed by atoms with E-state index >= 15 is 0 Å². The molecule has 186 valence electrons. The van der Waals surface area contributed by atoms with Gasteiger partial charge in [-0.1, -0.05) is 36.8 Å². The first-order chi connectivity index (χ1) is 16.1. The Labute approximate surface area is 199 Å². The summed E-state index contributed by atoms with van der Waals surface area (Å²) in [5.74, 6) is -1.05. The Balaban J connectivity index is 1.90. The molecule has 1 N–H and O–H groups in total. The number of nitrogens with one attached hydrogen (secondary N) is 1. The number of aromatic nitrogens is 2. The van der Waals surface area contributed by atoms with Crippen molar-refractivity contribution < 1.29 is 32.3 Å². The molecular weight excluding hydrogens is 473 g/mol. The van der Waals surface area contributed by atoms with Crippen LogP contribution in [-0.2, 0) is 25.3 Å². The number of benzene rings is 1. The Morgan fingerprint density at radius 1 is 1.03 bits per heavy atom. The summed E-state index contributed by atoms with van der Waals surface area (Å²) in [7, 11) is 0. The van der Waals surface area contributed by atoms with Crippen LogP contribution in [0, 0.1) is 0 Å². The van der Waals surface area contributed by atoms with Gasteiger partial charge in [0.05, 0.1) is 18.6 Å². The molecule has 8 nitrogen and oxygen atoms in total. The molecule has 0 atom stereocenters. The predicted molar refractivity (Wildman–Crippen MR) is 121 cm³/mol. The second-order valence-corrected chi connectivity index (χ2v) is 8.30. The molecule has 2 amide bonds. The number of carbonyl (C=O) groups is 3. The number of amides is 2. The summed E-state index contributed by atoms with van der Waals surface area (Å²) in [6.45, 7) is 4.58. The number of esters is 1. The highest BCUT2D eigenvalue weighted by molar-refractivity contribution is 7.18. The van der Waals surface area contributed by atoms with Crippen LogP contribution < -0.4 is 5.32 Å². The minimum Gasteiger partial charge on any atom is -0.466 e. The van der Waals surface area contributed by atoms with E-state index in [-0.39, 0.29) is 49.4 Å². The van der Waals surface area contributed by atoms with Crippen molar-refractivity contribution in [3.8, 4) is 10.6 Å². The van der Waals surface area contributed by atoms with Crippen LogP contribution in [0.3, 0.4) is 0 Å². The largest absolute Gasteiger partial charge is 0.466 e. The third-order valence-electron chi connectivity index (χ3n) is 4.72. The molecule has 0 bridgehead atoms. The van der Waals surface area contributed by atoms with Crippen LogP contribution in [0.2, 0.25) is 0 Å². The van der Waals surface area contributed by atoms with Crippen molar-refractivity contribution in [2.75, 3.05) is 25.0 Å². The molecule has 0 fully saturated rings. The zero-order valence-electron chi connectivity index (χ0n) is 19.0. The third kappa shape index (κ3) is 8.73. The molecule has 12 heteroatoms. The Hall–Kier alpha value is -3.02. The van der Waals surface area contributed by atoms with Crippen LogP contribution in [0.1, 0.15) is 51.5 Å². The first kappa shape index (κ1) is 27.2. The van der Waals surface area contributed by atoms with Crippen LogP contribution in [-0.4, -0.2) is 52.6 Å². The molecule has 1 aromatic heterocycles. The van der Waals surface area contributed by atoms with Gasteiger partial charge in [0.15, 0.2) is 0 Å². The van der Waals surface area contributed by atoms with Crippen molar-refractivity contribution in [3.63, 3.8) is 0 Å². The molecule has 0 aliphatic heterocycles. The Bertz CT molecular complexity index is 964. The van der Waals surface area contributed by atoms with Gasteiger partial charge < -0.3 is 15.0 Å². The van der Waals surface area contributed by atoms with Gasteiger partial charge in [-0.05, 0) is 25.5 Å². The molecule has 0 radical (unpaired) electrons. The fourth-order valence-electron chi connectivity index (χ4n) is 2.92. The lowest BCUT2D eigenvalue weighted by atomic mass is 10.1. The molecule has 2 rings (SSSR count). The number of nitrogens with zero attached hydrogens (tertiary/aromatic N) is 3. The van der Waals surface area contributed by atoms with Crippen LogP contribution in [0.4, 0.5) is 18.3 Å². The summed E-state index contributed by atoms with van der Waals surface area (Å²) < 4.78 is 43.0. The lowest BCUT2D eigenvalue weighted by molar-refractivity contribution is -0.145. The fraction of sp³-hybridized carbons (Fsp3) is 0.500. The first-order valence-electron chi connectivity index (χ1n) is 10.9. The average molecular weight is 501 g/mol. The average Bonchev–Trinajstić information content (AvgIpc) is 3.25. The topological polar surface area (TPSA) is 101 Å². The van der Waals surface area contributed by atoms with E-state index in [1.54, 1.807) is 11.8 Å². The van der Waals surface area contributed by atoms with Gasteiger partial charge in [-0.2, -0.15) is 13.2 Å². The molecule has 0 saturated heterocycles. The van der Waals surface area contributed by atoms with Gasteiger partial charge in [0, 0.05) is 31.5 Å². The van der Waals surface area contributed by atoms with E-state index in [9.17, 15) is 27.6 Å². The maximum Gasteiger partial charge on any atom is 0.416 e. The van der Waals surface area contributed by atoms with Crippen LogP contribution in [0.25, 0.3) is 10.6 Å². The second kappa shape index (κ2) is 13.0. The summed E-state index contributed by atoms with van der Waals surface area (Å²) in [6.07, 6.45) is -2.78. The third-order valence-corrected chi connectivity index (χ3v) is 5.61. The highest BCUT2D eigenvalue weighted by Crippen LogP contribution is 2.32. The molecule has 1 heterocycles. The lowest BCUT2D eigenvalue weighted by Crippen LogP contribution is -2.35. The van der Waals surface area contributed by atoms with Gasteiger partial charge in [-0.15, -0.1) is 10.2 Å². The standard InChI is InChI=1S/C22H27F3N4O4S/c1-3-5-13-29(18(31)10-11-19(32)33-4-2)14-12-17(30)26-21-28-27-20(34-21)15-6-8-16(9-7-15)22(23,24)25/h6-9H,3-5,10-14H2,1-2H3,(H,26,28,30). The van der Waals surface area contributed by atoms with Crippen molar-refractivity contribution in [2.45, 2.75) is 52.1 Å². The predicted octanol–water partition coefficient (Wildman–Crippen LogP) is 4.52. The maximum absolute atomic E-state index is 12.7. The number of alkyl halides is 3. The molecule has 0 unspecified atom stereocenters. The van der Waals surface area contributed by atoms with Crippen molar-refractivity contribution in [1.29, 1.82) is 0 Å². The Morgan fingerprint density at radius 3 is 2.35 bits per heavy atom. The highest BCUT2D eigenvalue weighted by atomic mass is 32.1. The van der Waals surface area contributed by atoms with E-state index in [1.165, 1.54) is 12.1 Å². The summed E-state index contributed by atoms with van der Waals surface area (Å²) in [6, 6.07) is 4.50. The minimum absolute atomic E-state index is 0.0110. The molecule has 34 heavy (non-hydrogen) atoms. The fourth-order valence-corrected chi connectivity index (χ4v) is 3.69. The first-order valence-corrected chi connectivity index (χ1v) is 11.7. The zero-order valence-corrected chi connectivity index (χ0v) is 19.8. The van der Waals surface area contributed by atoms with E-state index in [0.29, 0.717) is 17.1 Å². The maximum atomic E-state index is 12.7. The van der Waals surface area contributed by atoms with Gasteiger partial charge in [0.25, 0.3) is 0 Å². The van der Waals surface area contributed by atoms with Crippen molar-refractivity contribution in [3.05, 3.63) is 29.8 Å². The molecule has 0 aliphatic carbocycles. The Kier molecular flexibility index (Phi) is 10.4. The zero-order chi connectivity index (χ0) is 25.1. The van der Waals surface area contributed by atoms with E-state index in [0.717, 1.165) is 36.3 Å². The van der Waals surface area contributed by atoms with Crippen molar-refractivity contribution >= 4 is 34.3 Å². The van der Waals surface area contributed by atoms with Gasteiger partial charge in [0.2, 0.25) is 16.9 Å². The summed E-state index contributed by atoms with van der Waals surface area (Å²) in [5, 5.41) is 10.9. The van der Waals surface area contributed by atoms with Gasteiger partial charge in [0.1, 0.15) is 5.01 Å². The molecule has 0 aliphatic rings. The van der Waals surface area contributed by atoms with E-state index in [4.69, 9.17) is 4.74 Å². The number of hydrogen-bond donors (Lipinski definition) is 1. The van der Waals surface area contributed by atoms with Crippen molar-refractivity contribution in [1.82, 2.24) is 15.1 Å². The SMILES string of the molecule is CCCCN(CCC(=O)Nc1nnc(-c2ccc(C(F)(F)F)cc2)s1)C(=O)CCC(=O)OCC. The van der Waals surface area contributed by atoms with E-state index in [1.807, 2.05) is 6.92 Å². The second-order valence-electron chi connectivity index (χ2n) is 7.33. The smallest absolute Gasteiger partial charge is 0.416 e. The van der Waals surface area contributed by atoms with Crippen LogP contribution in [0.5, 0.6) is 0 Å². The van der Waals surface area contributed by atoms with Gasteiger partial charge >= 0.3 is 12.1 Å². The van der Waals surface area contributed by atoms with Crippen molar-refractivity contribution in [2.24, 2.45) is 0 Å². The van der Waals surface area contributed by atoms with E-state index in [2.05, 4.69) is 15.5 Å². The highest BCUT2D eigenvalue weighted by Gasteiger charge is 2.30. The number of hydrogen-bond acceptors (Lipinski definition) is 7. The number of unbranched alkanes of at least 4 members (excludes halogenated alkanes) is 1. The number of carbonyl (C=O) groups excluding carboxylic acids is 3. The number of anilines is 1.